The topological polar surface area (TPSA) is 58.2 Å². The molecule has 0 saturated carbocycles. The van der Waals surface area contributed by atoms with Gasteiger partial charge in [0.2, 0.25) is 11.8 Å². The van der Waals surface area contributed by atoms with E-state index in [0.29, 0.717) is 12.8 Å². The summed E-state index contributed by atoms with van der Waals surface area (Å²) in [6, 6.07) is 9.19. The van der Waals surface area contributed by atoms with Crippen molar-refractivity contribution in [3.05, 3.63) is 30.3 Å². The number of rotatable bonds is 2. The number of imide groups is 1. The predicted molar refractivity (Wildman–Crippen MR) is 56.2 cm³/mol. The van der Waals surface area contributed by atoms with E-state index in [-0.39, 0.29) is 17.9 Å². The first kappa shape index (κ1) is 9.71. The van der Waals surface area contributed by atoms with Crippen LogP contribution in [0.2, 0.25) is 0 Å². The molecule has 2 N–H and O–H groups in total. The summed E-state index contributed by atoms with van der Waals surface area (Å²) in [5.74, 6) is -0.429. The first-order valence-electron chi connectivity index (χ1n) is 4.91. The maximum atomic E-state index is 11.4. The number of piperidine rings is 1. The molecule has 1 saturated heterocycles. The monoisotopic (exact) mass is 204 g/mol. The SMILES string of the molecule is O=C1CC[C@@H](Nc2ccccc2)C(=O)N1. The molecule has 0 unspecified atom stereocenters. The van der Waals surface area contributed by atoms with Crippen LogP contribution < -0.4 is 10.6 Å². The fourth-order valence-corrected chi connectivity index (χ4v) is 1.57. The van der Waals surface area contributed by atoms with Crippen molar-refractivity contribution in [3.8, 4) is 0 Å². The van der Waals surface area contributed by atoms with E-state index >= 15 is 0 Å². The van der Waals surface area contributed by atoms with Crippen LogP contribution in [-0.4, -0.2) is 17.9 Å². The molecule has 4 nitrogen and oxygen atoms in total. The largest absolute Gasteiger partial charge is 0.374 e. The van der Waals surface area contributed by atoms with Crippen LogP contribution in [0.1, 0.15) is 12.8 Å². The van der Waals surface area contributed by atoms with Gasteiger partial charge in [-0.05, 0) is 18.6 Å². The minimum absolute atomic E-state index is 0.189. The fraction of sp³-hybridized carbons (Fsp3) is 0.273. The van der Waals surface area contributed by atoms with Gasteiger partial charge in [-0.1, -0.05) is 18.2 Å². The molecule has 0 aromatic heterocycles. The Labute approximate surface area is 87.7 Å². The van der Waals surface area contributed by atoms with E-state index in [2.05, 4.69) is 10.6 Å². The number of carbonyl (C=O) groups excluding carboxylic acids is 2. The molecule has 0 aliphatic carbocycles. The Hall–Kier alpha value is -1.84. The van der Waals surface area contributed by atoms with Crippen LogP contribution in [0.15, 0.2) is 30.3 Å². The van der Waals surface area contributed by atoms with Crippen molar-refractivity contribution in [1.29, 1.82) is 0 Å². The highest BCUT2D eigenvalue weighted by Gasteiger charge is 2.25. The highest BCUT2D eigenvalue weighted by molar-refractivity contribution is 6.01. The molecule has 1 atom stereocenters. The van der Waals surface area contributed by atoms with Gasteiger partial charge in [0, 0.05) is 12.1 Å². The van der Waals surface area contributed by atoms with Crippen molar-refractivity contribution in [3.63, 3.8) is 0 Å². The number of amides is 2. The maximum Gasteiger partial charge on any atom is 0.249 e. The van der Waals surface area contributed by atoms with Gasteiger partial charge in [-0.3, -0.25) is 14.9 Å². The minimum Gasteiger partial charge on any atom is -0.374 e. The van der Waals surface area contributed by atoms with Gasteiger partial charge in [0.15, 0.2) is 0 Å². The van der Waals surface area contributed by atoms with Gasteiger partial charge in [0.1, 0.15) is 6.04 Å². The Morgan fingerprint density at radius 2 is 1.93 bits per heavy atom. The van der Waals surface area contributed by atoms with Crippen LogP contribution in [0.25, 0.3) is 0 Å². The van der Waals surface area contributed by atoms with Crippen LogP contribution >= 0.6 is 0 Å². The van der Waals surface area contributed by atoms with Gasteiger partial charge in [-0.15, -0.1) is 0 Å². The Balaban J connectivity index is 2.01. The molecule has 1 aromatic rings. The van der Waals surface area contributed by atoms with Gasteiger partial charge >= 0.3 is 0 Å². The summed E-state index contributed by atoms with van der Waals surface area (Å²) < 4.78 is 0. The molecule has 1 fully saturated rings. The Bertz CT molecular complexity index is 375. The second kappa shape index (κ2) is 4.13. The molecule has 0 bridgehead atoms. The lowest BCUT2D eigenvalue weighted by Gasteiger charge is -2.22. The van der Waals surface area contributed by atoms with E-state index in [1.807, 2.05) is 30.3 Å². The van der Waals surface area contributed by atoms with E-state index in [1.54, 1.807) is 0 Å². The van der Waals surface area contributed by atoms with Crippen molar-refractivity contribution in [2.24, 2.45) is 0 Å². The van der Waals surface area contributed by atoms with Crippen molar-refractivity contribution in [2.45, 2.75) is 18.9 Å². The molecular weight excluding hydrogens is 192 g/mol. The summed E-state index contributed by atoms with van der Waals surface area (Å²) in [5.41, 5.74) is 0.895. The van der Waals surface area contributed by atoms with E-state index in [1.165, 1.54) is 0 Å². The van der Waals surface area contributed by atoms with Gasteiger partial charge < -0.3 is 5.32 Å². The molecule has 1 heterocycles. The van der Waals surface area contributed by atoms with E-state index in [9.17, 15) is 9.59 Å². The molecule has 78 valence electrons. The summed E-state index contributed by atoms with van der Waals surface area (Å²) in [5, 5.41) is 5.40. The number of carbonyl (C=O) groups is 2. The Morgan fingerprint density at radius 1 is 1.20 bits per heavy atom. The number of hydrogen-bond donors (Lipinski definition) is 2. The standard InChI is InChI=1S/C11H12N2O2/c14-10-7-6-9(11(15)13-10)12-8-4-2-1-3-5-8/h1-5,9,12H,6-7H2,(H,13,14,15)/t9-/m1/s1. The zero-order valence-electron chi connectivity index (χ0n) is 8.19. The number of para-hydroxylation sites is 1. The average molecular weight is 204 g/mol. The van der Waals surface area contributed by atoms with Crippen LogP contribution in [0.4, 0.5) is 5.69 Å². The maximum absolute atomic E-state index is 11.4. The summed E-state index contributed by atoms with van der Waals surface area (Å²) in [7, 11) is 0. The fourth-order valence-electron chi connectivity index (χ4n) is 1.57. The third-order valence-electron chi connectivity index (χ3n) is 2.35. The van der Waals surface area contributed by atoms with Gasteiger partial charge in [0.05, 0.1) is 0 Å². The second-order valence-corrected chi connectivity index (χ2v) is 3.51. The predicted octanol–water partition coefficient (Wildman–Crippen LogP) is 0.904. The van der Waals surface area contributed by atoms with E-state index in [0.717, 1.165) is 5.69 Å². The second-order valence-electron chi connectivity index (χ2n) is 3.51. The molecule has 2 amide bonds. The van der Waals surface area contributed by atoms with Crippen LogP contribution in [-0.2, 0) is 9.59 Å². The van der Waals surface area contributed by atoms with Crippen LogP contribution in [0.3, 0.4) is 0 Å². The third kappa shape index (κ3) is 2.34. The lowest BCUT2D eigenvalue weighted by molar-refractivity contribution is -0.133. The highest BCUT2D eigenvalue weighted by atomic mass is 16.2. The molecule has 0 spiro atoms. The third-order valence-corrected chi connectivity index (χ3v) is 2.35. The molecular formula is C11H12N2O2. The van der Waals surface area contributed by atoms with Gasteiger partial charge in [0.25, 0.3) is 0 Å². The molecule has 1 aromatic carbocycles. The molecule has 1 aliphatic rings. The van der Waals surface area contributed by atoms with Crippen LogP contribution in [0.5, 0.6) is 0 Å². The normalized spacial score (nSPS) is 20.9. The molecule has 15 heavy (non-hydrogen) atoms. The van der Waals surface area contributed by atoms with Crippen LogP contribution in [0, 0.1) is 0 Å². The summed E-state index contributed by atoms with van der Waals surface area (Å²) in [6.45, 7) is 0. The quantitative estimate of drug-likeness (QED) is 0.704. The first-order valence-corrected chi connectivity index (χ1v) is 4.91. The number of nitrogens with one attached hydrogen (secondary N) is 2. The smallest absolute Gasteiger partial charge is 0.249 e. The van der Waals surface area contributed by atoms with Crippen molar-refractivity contribution >= 4 is 17.5 Å². The van der Waals surface area contributed by atoms with Gasteiger partial charge in [-0.25, -0.2) is 0 Å². The summed E-state index contributed by atoms with van der Waals surface area (Å²) in [6.07, 6.45) is 0.954. The highest BCUT2D eigenvalue weighted by Crippen LogP contribution is 2.12. The van der Waals surface area contributed by atoms with Crippen molar-refractivity contribution in [1.82, 2.24) is 5.32 Å². The lowest BCUT2D eigenvalue weighted by atomic mass is 10.1. The minimum atomic E-state index is -0.301. The molecule has 4 heteroatoms. The number of anilines is 1. The zero-order chi connectivity index (χ0) is 10.7. The average Bonchev–Trinajstić information content (AvgIpc) is 2.24. The summed E-state index contributed by atoms with van der Waals surface area (Å²) in [4.78, 5) is 22.3. The summed E-state index contributed by atoms with van der Waals surface area (Å²) >= 11 is 0. The Morgan fingerprint density at radius 3 is 2.60 bits per heavy atom. The van der Waals surface area contributed by atoms with E-state index < -0.39 is 0 Å². The molecule has 0 radical (unpaired) electrons. The van der Waals surface area contributed by atoms with Crippen molar-refractivity contribution in [2.75, 3.05) is 5.32 Å². The zero-order valence-corrected chi connectivity index (χ0v) is 8.19. The number of benzene rings is 1. The lowest BCUT2D eigenvalue weighted by Crippen LogP contribution is -2.47. The number of hydrogen-bond acceptors (Lipinski definition) is 3. The first-order chi connectivity index (χ1) is 7.25. The molecule has 1 aliphatic heterocycles. The van der Waals surface area contributed by atoms with Crippen molar-refractivity contribution < 1.29 is 9.59 Å². The van der Waals surface area contributed by atoms with E-state index in [4.69, 9.17) is 0 Å². The molecule has 2 rings (SSSR count). The van der Waals surface area contributed by atoms with Gasteiger partial charge in [-0.2, -0.15) is 0 Å². The Kier molecular flexibility index (Phi) is 2.67.